The van der Waals surface area contributed by atoms with Gasteiger partial charge in [-0.2, -0.15) is 4.31 Å². The highest BCUT2D eigenvalue weighted by molar-refractivity contribution is 7.89. The van der Waals surface area contributed by atoms with Crippen LogP contribution in [-0.4, -0.2) is 43.8 Å². The Morgan fingerprint density at radius 2 is 1.58 bits per heavy atom. The van der Waals surface area contributed by atoms with E-state index in [9.17, 15) is 13.2 Å². The van der Waals surface area contributed by atoms with E-state index in [1.165, 1.54) is 16.4 Å². The average molecular weight is 373 g/mol. The van der Waals surface area contributed by atoms with Gasteiger partial charge in [-0.05, 0) is 50.2 Å². The van der Waals surface area contributed by atoms with E-state index in [1.54, 1.807) is 36.4 Å². The predicted octanol–water partition coefficient (Wildman–Crippen LogP) is 2.31. The van der Waals surface area contributed by atoms with Crippen LogP contribution in [0.1, 0.15) is 24.2 Å². The topological polar surface area (TPSA) is 78.5 Å². The van der Waals surface area contributed by atoms with Gasteiger partial charge in [-0.25, -0.2) is 8.42 Å². The summed E-state index contributed by atoms with van der Waals surface area (Å²) in [6.45, 7) is 4.83. The highest BCUT2D eigenvalue weighted by Gasteiger charge is 2.31. The van der Waals surface area contributed by atoms with Crippen molar-refractivity contribution in [2.45, 2.75) is 30.8 Å². The fourth-order valence-electron chi connectivity index (χ4n) is 3.12. The molecule has 1 aliphatic rings. The van der Waals surface area contributed by atoms with Crippen molar-refractivity contribution >= 4 is 21.6 Å². The Kier molecular flexibility index (Phi) is 5.41. The molecule has 6 nitrogen and oxygen atoms in total. The quantitative estimate of drug-likeness (QED) is 0.862. The molecular weight excluding hydrogens is 350 g/mol. The molecule has 2 aromatic rings. The fourth-order valence-corrected chi connectivity index (χ4v) is 4.74. The molecule has 1 fully saturated rings. The molecule has 2 unspecified atom stereocenters. The Balaban J connectivity index is 1.73. The third-order valence-electron chi connectivity index (χ3n) is 4.31. The van der Waals surface area contributed by atoms with Crippen LogP contribution in [0.3, 0.4) is 0 Å². The first-order valence-electron chi connectivity index (χ1n) is 8.59. The van der Waals surface area contributed by atoms with Gasteiger partial charge in [0.15, 0.2) is 0 Å². The number of amides is 1. The molecule has 0 saturated carbocycles. The highest BCUT2D eigenvalue weighted by Crippen LogP contribution is 2.21. The molecule has 7 heteroatoms. The van der Waals surface area contributed by atoms with Gasteiger partial charge in [0.05, 0.1) is 4.90 Å². The summed E-state index contributed by atoms with van der Waals surface area (Å²) in [7, 11) is -3.54. The smallest absolute Gasteiger partial charge is 0.255 e. The number of carbonyl (C=O) groups is 1. The van der Waals surface area contributed by atoms with E-state index >= 15 is 0 Å². The first-order chi connectivity index (χ1) is 12.4. The largest absolute Gasteiger partial charge is 0.322 e. The fraction of sp³-hybridized carbons (Fsp3) is 0.316. The van der Waals surface area contributed by atoms with Gasteiger partial charge in [-0.1, -0.05) is 18.2 Å². The zero-order chi connectivity index (χ0) is 18.7. The first kappa shape index (κ1) is 18.6. The number of anilines is 1. The molecule has 1 aliphatic heterocycles. The van der Waals surface area contributed by atoms with Crippen LogP contribution in [0.25, 0.3) is 0 Å². The standard InChI is InChI=1S/C19H23N3O3S/c1-14-12-22(13-15(2)20-14)26(24,25)18-10-8-17(9-11-18)21-19(23)16-6-4-3-5-7-16/h3-11,14-15,20H,12-13H2,1-2H3,(H,21,23). The summed E-state index contributed by atoms with van der Waals surface area (Å²) in [5.74, 6) is -0.231. The van der Waals surface area contributed by atoms with Gasteiger partial charge in [0, 0.05) is 36.4 Å². The summed E-state index contributed by atoms with van der Waals surface area (Å²) in [5.41, 5.74) is 1.10. The van der Waals surface area contributed by atoms with Crippen molar-refractivity contribution in [1.29, 1.82) is 0 Å². The molecule has 1 amide bonds. The first-order valence-corrected chi connectivity index (χ1v) is 10.0. The van der Waals surface area contributed by atoms with Crippen LogP contribution >= 0.6 is 0 Å². The van der Waals surface area contributed by atoms with Gasteiger partial charge < -0.3 is 10.6 Å². The molecule has 1 saturated heterocycles. The van der Waals surface area contributed by atoms with Crippen molar-refractivity contribution in [2.75, 3.05) is 18.4 Å². The maximum absolute atomic E-state index is 12.8. The maximum atomic E-state index is 12.8. The number of sulfonamides is 1. The third-order valence-corrected chi connectivity index (χ3v) is 6.16. The summed E-state index contributed by atoms with van der Waals surface area (Å²) in [4.78, 5) is 12.4. The monoisotopic (exact) mass is 373 g/mol. The van der Waals surface area contributed by atoms with Gasteiger partial charge in [-0.15, -0.1) is 0 Å². The summed E-state index contributed by atoms with van der Waals surface area (Å²) in [6.07, 6.45) is 0. The van der Waals surface area contributed by atoms with E-state index in [4.69, 9.17) is 0 Å². The number of piperazine rings is 1. The van der Waals surface area contributed by atoms with Crippen molar-refractivity contribution in [2.24, 2.45) is 0 Å². The van der Waals surface area contributed by atoms with Crippen LogP contribution < -0.4 is 10.6 Å². The number of benzene rings is 2. The zero-order valence-corrected chi connectivity index (χ0v) is 15.7. The molecule has 26 heavy (non-hydrogen) atoms. The SMILES string of the molecule is CC1CN(S(=O)(=O)c2ccc(NC(=O)c3ccccc3)cc2)CC(C)N1. The van der Waals surface area contributed by atoms with Crippen LogP contribution in [-0.2, 0) is 10.0 Å². The Bertz CT molecular complexity index is 857. The van der Waals surface area contributed by atoms with Gasteiger partial charge in [0.2, 0.25) is 10.0 Å². The van der Waals surface area contributed by atoms with E-state index in [0.29, 0.717) is 24.3 Å². The minimum atomic E-state index is -3.54. The normalized spacial score (nSPS) is 21.3. The van der Waals surface area contributed by atoms with Crippen LogP contribution in [0, 0.1) is 0 Å². The summed E-state index contributed by atoms with van der Waals surface area (Å²) < 4.78 is 27.2. The Morgan fingerprint density at radius 1 is 1.00 bits per heavy atom. The van der Waals surface area contributed by atoms with E-state index in [1.807, 2.05) is 19.9 Å². The van der Waals surface area contributed by atoms with Gasteiger partial charge in [0.25, 0.3) is 5.91 Å². The lowest BCUT2D eigenvalue weighted by Gasteiger charge is -2.35. The molecule has 0 aliphatic carbocycles. The molecule has 0 radical (unpaired) electrons. The molecule has 2 aromatic carbocycles. The summed E-state index contributed by atoms with van der Waals surface area (Å²) in [5, 5.41) is 6.10. The molecule has 0 spiro atoms. The number of hydrogen-bond acceptors (Lipinski definition) is 4. The van der Waals surface area contributed by atoms with Crippen molar-refractivity contribution in [3.8, 4) is 0 Å². The van der Waals surface area contributed by atoms with Crippen LogP contribution in [0.2, 0.25) is 0 Å². The molecule has 3 rings (SSSR count). The number of hydrogen-bond donors (Lipinski definition) is 2. The van der Waals surface area contributed by atoms with Crippen LogP contribution in [0.15, 0.2) is 59.5 Å². The van der Waals surface area contributed by atoms with Crippen LogP contribution in [0.5, 0.6) is 0 Å². The number of nitrogens with zero attached hydrogens (tertiary/aromatic N) is 1. The zero-order valence-electron chi connectivity index (χ0n) is 14.8. The van der Waals surface area contributed by atoms with Gasteiger partial charge >= 0.3 is 0 Å². The minimum absolute atomic E-state index is 0.109. The number of nitrogens with one attached hydrogen (secondary N) is 2. The van der Waals surface area contributed by atoms with E-state index in [2.05, 4.69) is 10.6 Å². The average Bonchev–Trinajstić information content (AvgIpc) is 2.62. The lowest BCUT2D eigenvalue weighted by Crippen LogP contribution is -2.55. The van der Waals surface area contributed by atoms with Crippen molar-refractivity contribution in [3.63, 3.8) is 0 Å². The Hall–Kier alpha value is -2.22. The van der Waals surface area contributed by atoms with E-state index < -0.39 is 10.0 Å². The molecule has 1 heterocycles. The Labute approximate surface area is 154 Å². The third kappa shape index (κ3) is 4.12. The van der Waals surface area contributed by atoms with Crippen molar-refractivity contribution in [1.82, 2.24) is 9.62 Å². The second-order valence-corrected chi connectivity index (χ2v) is 8.57. The molecule has 138 valence electrons. The van der Waals surface area contributed by atoms with Crippen LogP contribution in [0.4, 0.5) is 5.69 Å². The lowest BCUT2D eigenvalue weighted by atomic mass is 10.2. The van der Waals surface area contributed by atoms with Crippen molar-refractivity contribution < 1.29 is 13.2 Å². The second kappa shape index (κ2) is 7.57. The number of carbonyl (C=O) groups excluding carboxylic acids is 1. The summed E-state index contributed by atoms with van der Waals surface area (Å²) >= 11 is 0. The van der Waals surface area contributed by atoms with Crippen molar-refractivity contribution in [3.05, 3.63) is 60.2 Å². The van der Waals surface area contributed by atoms with Gasteiger partial charge in [-0.3, -0.25) is 4.79 Å². The second-order valence-electron chi connectivity index (χ2n) is 6.64. The molecule has 2 N–H and O–H groups in total. The predicted molar refractivity (Wildman–Crippen MR) is 102 cm³/mol. The molecule has 0 bridgehead atoms. The molecule has 0 aromatic heterocycles. The Morgan fingerprint density at radius 3 is 2.15 bits per heavy atom. The molecular formula is C19H23N3O3S. The van der Waals surface area contributed by atoms with Gasteiger partial charge in [0.1, 0.15) is 0 Å². The summed E-state index contributed by atoms with van der Waals surface area (Å²) in [6, 6.07) is 15.4. The van der Waals surface area contributed by atoms with E-state index in [0.717, 1.165) is 0 Å². The number of rotatable bonds is 4. The minimum Gasteiger partial charge on any atom is -0.322 e. The van der Waals surface area contributed by atoms with E-state index in [-0.39, 0.29) is 22.9 Å². The molecule has 2 atom stereocenters. The maximum Gasteiger partial charge on any atom is 0.255 e. The highest BCUT2D eigenvalue weighted by atomic mass is 32.2. The lowest BCUT2D eigenvalue weighted by molar-refractivity contribution is 0.102.